The summed E-state index contributed by atoms with van der Waals surface area (Å²) in [6.45, 7) is 3.63. The van der Waals surface area contributed by atoms with E-state index in [1.807, 2.05) is 0 Å². The van der Waals surface area contributed by atoms with Gasteiger partial charge in [0.25, 0.3) is 0 Å². The van der Waals surface area contributed by atoms with Gasteiger partial charge in [0, 0.05) is 0 Å². The van der Waals surface area contributed by atoms with Crippen LogP contribution in [0.2, 0.25) is 0 Å². The minimum Gasteiger partial charge on any atom is -0.387 e. The van der Waals surface area contributed by atoms with Gasteiger partial charge in [-0.1, -0.05) is 6.58 Å². The Morgan fingerprint density at radius 1 is 1.50 bits per heavy atom. The summed E-state index contributed by atoms with van der Waals surface area (Å²) in [5.41, 5.74) is 0.686. The molecule has 0 spiro atoms. The molecule has 0 radical (unpaired) electrons. The van der Waals surface area contributed by atoms with Crippen molar-refractivity contribution in [3.63, 3.8) is 0 Å². The molecule has 4 atom stereocenters. The first-order valence-corrected chi connectivity index (χ1v) is 3.39. The third-order valence-electron chi connectivity index (χ3n) is 2.16. The van der Waals surface area contributed by atoms with Gasteiger partial charge in [-0.15, -0.1) is 0 Å². The van der Waals surface area contributed by atoms with Crippen LogP contribution in [0.1, 0.15) is 6.42 Å². The minimum absolute atomic E-state index is 0.125. The SMILES string of the molecule is C=C1CC2OC2C(O)C1O. The number of fused-ring (bicyclic) bond motifs is 1. The van der Waals surface area contributed by atoms with Crippen LogP contribution in [0.25, 0.3) is 0 Å². The van der Waals surface area contributed by atoms with Crippen molar-refractivity contribution < 1.29 is 14.9 Å². The van der Waals surface area contributed by atoms with Gasteiger partial charge in [0.1, 0.15) is 18.3 Å². The number of rotatable bonds is 0. The molecule has 2 N–H and O–H groups in total. The van der Waals surface area contributed by atoms with Crippen LogP contribution in [0.4, 0.5) is 0 Å². The molecule has 10 heavy (non-hydrogen) atoms. The number of aliphatic hydroxyl groups excluding tert-OH is 2. The van der Waals surface area contributed by atoms with Crippen LogP contribution in [0, 0.1) is 0 Å². The van der Waals surface area contributed by atoms with Gasteiger partial charge in [0.05, 0.1) is 6.10 Å². The first kappa shape index (κ1) is 6.34. The maximum atomic E-state index is 9.22. The maximum absolute atomic E-state index is 9.22. The van der Waals surface area contributed by atoms with Gasteiger partial charge in [-0.2, -0.15) is 0 Å². The van der Waals surface area contributed by atoms with Gasteiger partial charge in [-0.25, -0.2) is 0 Å². The van der Waals surface area contributed by atoms with Gasteiger partial charge >= 0.3 is 0 Å². The molecule has 1 saturated carbocycles. The lowest BCUT2D eigenvalue weighted by Crippen LogP contribution is -2.37. The molecule has 2 rings (SSSR count). The second-order valence-electron chi connectivity index (χ2n) is 2.94. The van der Waals surface area contributed by atoms with E-state index < -0.39 is 12.2 Å². The maximum Gasteiger partial charge on any atom is 0.113 e. The van der Waals surface area contributed by atoms with Crippen LogP contribution >= 0.6 is 0 Å². The Kier molecular flexibility index (Phi) is 1.15. The van der Waals surface area contributed by atoms with Gasteiger partial charge in [-0.3, -0.25) is 0 Å². The summed E-state index contributed by atoms with van der Waals surface area (Å²) >= 11 is 0. The number of epoxide rings is 1. The quantitative estimate of drug-likeness (QED) is 0.352. The summed E-state index contributed by atoms with van der Waals surface area (Å²) in [5, 5.41) is 18.4. The van der Waals surface area contributed by atoms with E-state index >= 15 is 0 Å². The topological polar surface area (TPSA) is 53.0 Å². The second kappa shape index (κ2) is 1.81. The molecule has 1 saturated heterocycles. The monoisotopic (exact) mass is 142 g/mol. The third kappa shape index (κ3) is 0.714. The lowest BCUT2D eigenvalue weighted by atomic mass is 9.91. The molecule has 2 aliphatic rings. The number of hydrogen-bond donors (Lipinski definition) is 2. The Hall–Kier alpha value is -0.380. The minimum atomic E-state index is -0.774. The zero-order chi connectivity index (χ0) is 7.30. The average molecular weight is 142 g/mol. The highest BCUT2D eigenvalue weighted by Gasteiger charge is 2.51. The summed E-state index contributed by atoms with van der Waals surface area (Å²) in [6.07, 6.45) is -0.815. The van der Waals surface area contributed by atoms with Gasteiger partial charge in [-0.05, 0) is 12.0 Å². The Balaban J connectivity index is 2.14. The predicted octanol–water partition coefficient (Wildman–Crippen LogP) is -0.565. The molecule has 0 amide bonds. The molecule has 4 unspecified atom stereocenters. The van der Waals surface area contributed by atoms with Crippen LogP contribution in [0.3, 0.4) is 0 Å². The molecule has 1 aliphatic carbocycles. The van der Waals surface area contributed by atoms with Crippen LogP contribution in [0.15, 0.2) is 12.2 Å². The van der Waals surface area contributed by atoms with Gasteiger partial charge < -0.3 is 14.9 Å². The normalized spacial score (nSPS) is 52.4. The molecule has 0 aromatic carbocycles. The Morgan fingerprint density at radius 2 is 2.20 bits per heavy atom. The molecule has 3 nitrogen and oxygen atoms in total. The molecule has 1 aliphatic heterocycles. The van der Waals surface area contributed by atoms with Crippen molar-refractivity contribution in [1.29, 1.82) is 0 Å². The lowest BCUT2D eigenvalue weighted by molar-refractivity contribution is 0.0201. The second-order valence-corrected chi connectivity index (χ2v) is 2.94. The zero-order valence-electron chi connectivity index (χ0n) is 5.53. The van der Waals surface area contributed by atoms with Crippen molar-refractivity contribution in [2.45, 2.75) is 30.8 Å². The molecular weight excluding hydrogens is 132 g/mol. The summed E-state index contributed by atoms with van der Waals surface area (Å²) in [4.78, 5) is 0. The standard InChI is InChI=1S/C7H10O3/c1-3-2-4-7(10-4)6(9)5(3)8/h4-9H,1-2H2. The molecular formula is C7H10O3. The van der Waals surface area contributed by atoms with E-state index in [1.54, 1.807) is 0 Å². The first-order valence-electron chi connectivity index (χ1n) is 3.39. The molecule has 0 aromatic rings. The van der Waals surface area contributed by atoms with Crippen molar-refractivity contribution in [2.24, 2.45) is 0 Å². The Morgan fingerprint density at radius 3 is 2.90 bits per heavy atom. The first-order chi connectivity index (χ1) is 4.70. The van der Waals surface area contributed by atoms with Crippen LogP contribution in [0.5, 0.6) is 0 Å². The van der Waals surface area contributed by atoms with Gasteiger partial charge in [0.2, 0.25) is 0 Å². The largest absolute Gasteiger partial charge is 0.387 e. The van der Waals surface area contributed by atoms with Crippen LogP contribution < -0.4 is 0 Å². The Bertz CT molecular complexity index is 178. The van der Waals surface area contributed by atoms with E-state index in [2.05, 4.69) is 6.58 Å². The fourth-order valence-corrected chi connectivity index (χ4v) is 1.42. The van der Waals surface area contributed by atoms with E-state index in [0.29, 0.717) is 12.0 Å². The average Bonchev–Trinajstić information content (AvgIpc) is 2.62. The van der Waals surface area contributed by atoms with Crippen molar-refractivity contribution in [3.05, 3.63) is 12.2 Å². The molecule has 2 fully saturated rings. The van der Waals surface area contributed by atoms with Gasteiger partial charge in [0.15, 0.2) is 0 Å². The molecule has 56 valence electrons. The molecule has 0 bridgehead atoms. The fourth-order valence-electron chi connectivity index (χ4n) is 1.42. The van der Waals surface area contributed by atoms with Crippen LogP contribution in [-0.4, -0.2) is 34.6 Å². The molecule has 0 aromatic heterocycles. The smallest absolute Gasteiger partial charge is 0.113 e. The highest BCUT2D eigenvalue weighted by atomic mass is 16.6. The summed E-state index contributed by atoms with van der Waals surface area (Å²) in [6, 6.07) is 0. The van der Waals surface area contributed by atoms with Crippen molar-refractivity contribution in [2.75, 3.05) is 0 Å². The highest BCUT2D eigenvalue weighted by molar-refractivity contribution is 5.18. The van der Waals surface area contributed by atoms with Crippen LogP contribution in [-0.2, 0) is 4.74 Å². The fraction of sp³-hybridized carbons (Fsp3) is 0.714. The van der Waals surface area contributed by atoms with E-state index in [0.717, 1.165) is 0 Å². The van der Waals surface area contributed by atoms with Crippen molar-refractivity contribution >= 4 is 0 Å². The molecule has 1 heterocycles. The Labute approximate surface area is 58.9 Å². The van der Waals surface area contributed by atoms with E-state index in [4.69, 9.17) is 4.74 Å². The number of aliphatic hydroxyl groups is 2. The van der Waals surface area contributed by atoms with E-state index in [1.165, 1.54) is 0 Å². The summed E-state index contributed by atoms with van der Waals surface area (Å²) in [5.74, 6) is 0. The summed E-state index contributed by atoms with van der Waals surface area (Å²) < 4.78 is 5.06. The summed E-state index contributed by atoms with van der Waals surface area (Å²) in [7, 11) is 0. The molecule has 3 heteroatoms. The van der Waals surface area contributed by atoms with Crippen molar-refractivity contribution in [1.82, 2.24) is 0 Å². The number of ether oxygens (including phenoxy) is 1. The number of hydrogen-bond acceptors (Lipinski definition) is 3. The van der Waals surface area contributed by atoms with Crippen molar-refractivity contribution in [3.8, 4) is 0 Å². The lowest BCUT2D eigenvalue weighted by Gasteiger charge is -2.21. The third-order valence-corrected chi connectivity index (χ3v) is 2.16. The van der Waals surface area contributed by atoms with E-state index in [9.17, 15) is 10.2 Å². The van der Waals surface area contributed by atoms with E-state index in [-0.39, 0.29) is 12.2 Å². The highest BCUT2D eigenvalue weighted by Crippen LogP contribution is 2.38. The predicted molar refractivity (Wildman–Crippen MR) is 34.4 cm³/mol. The zero-order valence-corrected chi connectivity index (χ0v) is 5.53.